The van der Waals surface area contributed by atoms with Crippen LogP contribution in [0, 0.1) is 0 Å². The van der Waals surface area contributed by atoms with Crippen LogP contribution in [0.25, 0.3) is 0 Å². The van der Waals surface area contributed by atoms with Crippen molar-refractivity contribution in [2.24, 2.45) is 0 Å². The third-order valence-electron chi connectivity index (χ3n) is 4.51. The van der Waals surface area contributed by atoms with Gasteiger partial charge in [0.1, 0.15) is 0 Å². The predicted molar refractivity (Wildman–Crippen MR) is 99.1 cm³/mol. The Labute approximate surface area is 157 Å². The maximum atomic E-state index is 12.0. The zero-order valence-corrected chi connectivity index (χ0v) is 15.4. The number of hydrogen-bond donors (Lipinski definition) is 2. The molecule has 2 aromatic rings. The molecular weight excluding hydrogens is 354 g/mol. The van der Waals surface area contributed by atoms with Crippen LogP contribution in [-0.4, -0.2) is 57.1 Å². The van der Waals surface area contributed by atoms with E-state index in [-0.39, 0.29) is 18.6 Å². The number of nitrogens with one attached hydrogen (secondary N) is 1. The summed E-state index contributed by atoms with van der Waals surface area (Å²) < 4.78 is 1.80. The molecular formula is C18H24ClN5O2. The van der Waals surface area contributed by atoms with Gasteiger partial charge in [0.15, 0.2) is 5.69 Å². The summed E-state index contributed by atoms with van der Waals surface area (Å²) in [6.45, 7) is 3.23. The number of aliphatic hydroxyl groups is 1. The summed E-state index contributed by atoms with van der Waals surface area (Å²) >= 11 is 6.07. The standard InChI is InChI=1S/C18H24ClN5O2/c19-15-5-1-4-14(10-15)11-23-8-2-6-16(12-23)24-13-17(21-22-24)18(26)20-7-3-9-25/h1,4-5,10,13,16,25H,2-3,6-9,11-12H2,(H,20,26). The number of carbonyl (C=O) groups is 1. The second kappa shape index (κ2) is 9.12. The van der Waals surface area contributed by atoms with E-state index < -0.39 is 0 Å². The van der Waals surface area contributed by atoms with Gasteiger partial charge < -0.3 is 10.4 Å². The zero-order chi connectivity index (χ0) is 18.4. The molecule has 2 N–H and O–H groups in total. The fourth-order valence-corrected chi connectivity index (χ4v) is 3.43. The third-order valence-corrected chi connectivity index (χ3v) is 4.75. The van der Waals surface area contributed by atoms with Crippen molar-refractivity contribution in [2.75, 3.05) is 26.2 Å². The number of hydrogen-bond acceptors (Lipinski definition) is 5. The Balaban J connectivity index is 1.58. The van der Waals surface area contributed by atoms with Crippen LogP contribution in [0.4, 0.5) is 0 Å². The number of piperidine rings is 1. The number of amides is 1. The fraction of sp³-hybridized carbons (Fsp3) is 0.500. The molecule has 1 aliphatic heterocycles. The van der Waals surface area contributed by atoms with Crippen LogP contribution < -0.4 is 5.32 Å². The van der Waals surface area contributed by atoms with Gasteiger partial charge in [-0.05, 0) is 43.5 Å². The summed E-state index contributed by atoms with van der Waals surface area (Å²) in [4.78, 5) is 14.4. The summed E-state index contributed by atoms with van der Waals surface area (Å²) in [5, 5.41) is 20.4. The Morgan fingerprint density at radius 1 is 1.42 bits per heavy atom. The minimum atomic E-state index is -0.253. The highest BCUT2D eigenvalue weighted by Crippen LogP contribution is 2.23. The Bertz CT molecular complexity index is 736. The van der Waals surface area contributed by atoms with E-state index in [1.165, 1.54) is 5.56 Å². The first-order chi connectivity index (χ1) is 12.7. The highest BCUT2D eigenvalue weighted by atomic mass is 35.5. The lowest BCUT2D eigenvalue weighted by molar-refractivity contribution is 0.0946. The Hall–Kier alpha value is -1.96. The first-order valence-corrected chi connectivity index (χ1v) is 9.31. The van der Waals surface area contributed by atoms with E-state index in [1.54, 1.807) is 10.9 Å². The van der Waals surface area contributed by atoms with Gasteiger partial charge in [-0.25, -0.2) is 4.68 Å². The molecule has 1 aromatic carbocycles. The minimum absolute atomic E-state index is 0.0531. The molecule has 1 unspecified atom stereocenters. The molecule has 0 spiro atoms. The zero-order valence-electron chi connectivity index (χ0n) is 14.6. The third kappa shape index (κ3) is 5.03. The number of rotatable bonds is 7. The fourth-order valence-electron chi connectivity index (χ4n) is 3.21. The lowest BCUT2D eigenvalue weighted by Crippen LogP contribution is -2.36. The van der Waals surface area contributed by atoms with Crippen LogP contribution in [0.5, 0.6) is 0 Å². The molecule has 26 heavy (non-hydrogen) atoms. The molecule has 140 valence electrons. The van der Waals surface area contributed by atoms with Gasteiger partial charge in [-0.2, -0.15) is 0 Å². The quantitative estimate of drug-likeness (QED) is 0.720. The number of likely N-dealkylation sites (tertiary alicyclic amines) is 1. The highest BCUT2D eigenvalue weighted by molar-refractivity contribution is 6.30. The Morgan fingerprint density at radius 3 is 3.12 bits per heavy atom. The Kier molecular flexibility index (Phi) is 6.60. The molecule has 0 radical (unpaired) electrons. The molecule has 1 aliphatic rings. The molecule has 0 aliphatic carbocycles. The van der Waals surface area contributed by atoms with E-state index in [0.717, 1.165) is 37.5 Å². The molecule has 2 heterocycles. The molecule has 8 heteroatoms. The van der Waals surface area contributed by atoms with E-state index >= 15 is 0 Å². The molecule has 1 aromatic heterocycles. The summed E-state index contributed by atoms with van der Waals surface area (Å²) in [5.74, 6) is -0.253. The van der Waals surface area contributed by atoms with E-state index in [4.69, 9.17) is 16.7 Å². The number of aromatic nitrogens is 3. The molecule has 1 fully saturated rings. The van der Waals surface area contributed by atoms with Gasteiger partial charge in [0.05, 0.1) is 12.2 Å². The van der Waals surface area contributed by atoms with Crippen LogP contribution in [0.1, 0.15) is 41.4 Å². The summed E-state index contributed by atoms with van der Waals surface area (Å²) in [7, 11) is 0. The van der Waals surface area contributed by atoms with Crippen molar-refractivity contribution in [1.29, 1.82) is 0 Å². The lowest BCUT2D eigenvalue weighted by atomic mass is 10.0. The van der Waals surface area contributed by atoms with Crippen LogP contribution in [0.2, 0.25) is 5.02 Å². The van der Waals surface area contributed by atoms with Crippen molar-refractivity contribution in [1.82, 2.24) is 25.2 Å². The SMILES string of the molecule is O=C(NCCCO)c1cn(C2CCCN(Cc3cccc(Cl)c3)C2)nn1. The van der Waals surface area contributed by atoms with Crippen LogP contribution >= 0.6 is 11.6 Å². The highest BCUT2D eigenvalue weighted by Gasteiger charge is 2.23. The average molecular weight is 378 g/mol. The normalized spacial score (nSPS) is 18.0. The van der Waals surface area contributed by atoms with Crippen molar-refractivity contribution in [3.05, 3.63) is 46.7 Å². The number of benzene rings is 1. The average Bonchev–Trinajstić information content (AvgIpc) is 3.12. The van der Waals surface area contributed by atoms with Crippen LogP contribution in [-0.2, 0) is 6.54 Å². The summed E-state index contributed by atoms with van der Waals surface area (Å²) in [6.07, 6.45) is 4.33. The van der Waals surface area contributed by atoms with E-state index in [0.29, 0.717) is 18.7 Å². The molecule has 1 amide bonds. The van der Waals surface area contributed by atoms with Crippen molar-refractivity contribution in [3.8, 4) is 0 Å². The minimum Gasteiger partial charge on any atom is -0.396 e. The van der Waals surface area contributed by atoms with Crippen molar-refractivity contribution in [2.45, 2.75) is 31.8 Å². The van der Waals surface area contributed by atoms with Crippen molar-refractivity contribution < 1.29 is 9.90 Å². The van der Waals surface area contributed by atoms with Gasteiger partial charge in [0, 0.05) is 31.3 Å². The molecule has 0 saturated carbocycles. The van der Waals surface area contributed by atoms with E-state index in [2.05, 4.69) is 26.6 Å². The summed E-state index contributed by atoms with van der Waals surface area (Å²) in [6, 6.07) is 8.13. The second-order valence-corrected chi connectivity index (χ2v) is 7.01. The van der Waals surface area contributed by atoms with Crippen molar-refractivity contribution >= 4 is 17.5 Å². The molecule has 7 nitrogen and oxygen atoms in total. The van der Waals surface area contributed by atoms with Gasteiger partial charge >= 0.3 is 0 Å². The number of aliphatic hydroxyl groups excluding tert-OH is 1. The van der Waals surface area contributed by atoms with Gasteiger partial charge in [-0.1, -0.05) is 28.9 Å². The largest absolute Gasteiger partial charge is 0.396 e. The van der Waals surface area contributed by atoms with Gasteiger partial charge in [-0.15, -0.1) is 5.10 Å². The van der Waals surface area contributed by atoms with Crippen LogP contribution in [0.3, 0.4) is 0 Å². The van der Waals surface area contributed by atoms with Gasteiger partial charge in [0.25, 0.3) is 5.91 Å². The predicted octanol–water partition coefficient (Wildman–Crippen LogP) is 1.88. The number of halogens is 1. The van der Waals surface area contributed by atoms with Crippen molar-refractivity contribution in [3.63, 3.8) is 0 Å². The van der Waals surface area contributed by atoms with E-state index in [9.17, 15) is 4.79 Å². The smallest absolute Gasteiger partial charge is 0.273 e. The van der Waals surface area contributed by atoms with Gasteiger partial charge in [-0.3, -0.25) is 9.69 Å². The van der Waals surface area contributed by atoms with Gasteiger partial charge in [0.2, 0.25) is 0 Å². The first-order valence-electron chi connectivity index (χ1n) is 8.93. The van der Waals surface area contributed by atoms with Crippen LogP contribution in [0.15, 0.2) is 30.5 Å². The first kappa shape index (κ1) is 18.8. The number of nitrogens with zero attached hydrogens (tertiary/aromatic N) is 4. The molecule has 3 rings (SSSR count). The monoisotopic (exact) mass is 377 g/mol. The molecule has 1 saturated heterocycles. The Morgan fingerprint density at radius 2 is 2.31 bits per heavy atom. The maximum absolute atomic E-state index is 12.0. The molecule has 0 bridgehead atoms. The second-order valence-electron chi connectivity index (χ2n) is 6.58. The number of carbonyl (C=O) groups excluding carboxylic acids is 1. The molecule has 1 atom stereocenters. The topological polar surface area (TPSA) is 83.3 Å². The van der Waals surface area contributed by atoms with E-state index in [1.807, 2.05) is 18.2 Å². The lowest BCUT2D eigenvalue weighted by Gasteiger charge is -2.32. The summed E-state index contributed by atoms with van der Waals surface area (Å²) in [5.41, 5.74) is 1.51. The maximum Gasteiger partial charge on any atom is 0.273 e.